The number of halogens is 3. The van der Waals surface area contributed by atoms with Gasteiger partial charge in [0.2, 0.25) is 5.91 Å². The molecule has 0 fully saturated rings. The molecule has 4 nitrogen and oxygen atoms in total. The number of hydrogen-bond donors (Lipinski definition) is 2. The van der Waals surface area contributed by atoms with Crippen LogP contribution in [0.1, 0.15) is 12.5 Å². The van der Waals surface area contributed by atoms with Crippen LogP contribution in [0.4, 0.5) is 24.7 Å². The molecule has 0 saturated heterocycles. The summed E-state index contributed by atoms with van der Waals surface area (Å²) in [5.74, 6) is -0.355. The number of nitrogens with one attached hydrogen (secondary N) is 2. The Morgan fingerprint density at radius 1 is 1.47 bits per heavy atom. The van der Waals surface area contributed by atoms with Gasteiger partial charge in [0.05, 0.1) is 11.3 Å². The first-order valence-corrected chi connectivity index (χ1v) is 6.41. The summed E-state index contributed by atoms with van der Waals surface area (Å²) in [6, 6.07) is 0.840. The van der Waals surface area contributed by atoms with Crippen LogP contribution < -0.4 is 10.0 Å². The minimum atomic E-state index is -4.51. The average molecular weight is 291 g/mol. The zero-order valence-corrected chi connectivity index (χ0v) is 11.0. The van der Waals surface area contributed by atoms with Gasteiger partial charge >= 0.3 is 6.18 Å². The van der Waals surface area contributed by atoms with Crippen LogP contribution in [0, 0.1) is 0 Å². The molecular formula is C11H12F3N3OS. The van der Waals surface area contributed by atoms with Crippen molar-refractivity contribution in [2.75, 3.05) is 16.3 Å². The van der Waals surface area contributed by atoms with Crippen molar-refractivity contribution in [1.82, 2.24) is 4.98 Å². The molecular weight excluding hydrogens is 279 g/mol. The summed E-state index contributed by atoms with van der Waals surface area (Å²) in [5, 5.41) is 2.34. The predicted molar refractivity (Wildman–Crippen MR) is 69.8 cm³/mol. The summed E-state index contributed by atoms with van der Waals surface area (Å²) >= 11 is 1.16. The van der Waals surface area contributed by atoms with Crippen LogP contribution in [-0.2, 0) is 11.0 Å². The van der Waals surface area contributed by atoms with Crippen molar-refractivity contribution in [3.05, 3.63) is 30.0 Å². The van der Waals surface area contributed by atoms with Gasteiger partial charge in [-0.25, -0.2) is 4.98 Å². The fraction of sp³-hybridized carbons (Fsp3) is 0.273. The number of carbonyl (C=O) groups is 1. The maximum absolute atomic E-state index is 12.6. The zero-order chi connectivity index (χ0) is 14.5. The molecule has 0 bridgehead atoms. The van der Waals surface area contributed by atoms with Gasteiger partial charge in [-0.2, -0.15) is 13.2 Å². The van der Waals surface area contributed by atoms with Crippen molar-refractivity contribution >= 4 is 29.4 Å². The van der Waals surface area contributed by atoms with E-state index in [-0.39, 0.29) is 11.5 Å². The molecule has 0 unspecified atom stereocenters. The van der Waals surface area contributed by atoms with E-state index in [0.29, 0.717) is 6.20 Å². The van der Waals surface area contributed by atoms with Crippen molar-refractivity contribution < 1.29 is 18.0 Å². The molecule has 0 aliphatic heterocycles. The van der Waals surface area contributed by atoms with E-state index in [1.54, 1.807) is 13.2 Å². The molecule has 1 heterocycles. The molecule has 1 aromatic rings. The lowest BCUT2D eigenvalue weighted by atomic mass is 10.2. The number of rotatable bonds is 4. The van der Waals surface area contributed by atoms with Gasteiger partial charge in [0.25, 0.3) is 0 Å². The molecule has 0 radical (unpaired) electrons. The van der Waals surface area contributed by atoms with Gasteiger partial charge in [-0.3, -0.25) is 4.79 Å². The number of allylic oxidation sites excluding steroid dienone is 1. The molecule has 104 valence electrons. The summed E-state index contributed by atoms with van der Waals surface area (Å²) in [6.07, 6.45) is 0.590. The van der Waals surface area contributed by atoms with Crippen LogP contribution in [0.25, 0.3) is 0 Å². The second-order valence-corrected chi connectivity index (χ2v) is 4.03. The zero-order valence-electron chi connectivity index (χ0n) is 10.2. The maximum atomic E-state index is 12.6. The fourth-order valence-corrected chi connectivity index (χ4v) is 1.57. The Morgan fingerprint density at radius 2 is 2.16 bits per heavy atom. The van der Waals surface area contributed by atoms with Crippen molar-refractivity contribution in [3.63, 3.8) is 0 Å². The first kappa shape index (κ1) is 15.4. The van der Waals surface area contributed by atoms with Crippen molar-refractivity contribution in [2.45, 2.75) is 13.1 Å². The van der Waals surface area contributed by atoms with E-state index in [4.69, 9.17) is 0 Å². The van der Waals surface area contributed by atoms with Gasteiger partial charge in [-0.15, -0.1) is 0 Å². The standard InChI is InChI=1S/C11H12F3N3OS/c1-3-4-9(18)16-8-5-7(11(12,13)14)6-15-10(8)17-19-2/h3-6H,1-2H3,(H,15,17)(H,16,18)/b4-3+. The van der Waals surface area contributed by atoms with Crippen LogP contribution in [-0.4, -0.2) is 17.1 Å². The molecule has 1 amide bonds. The lowest BCUT2D eigenvalue weighted by Gasteiger charge is -2.13. The molecule has 0 aromatic carbocycles. The number of nitrogens with zero attached hydrogens (tertiary/aromatic N) is 1. The lowest BCUT2D eigenvalue weighted by Crippen LogP contribution is -2.13. The third-order valence-electron chi connectivity index (χ3n) is 1.99. The highest BCUT2D eigenvalue weighted by Crippen LogP contribution is 2.33. The summed E-state index contributed by atoms with van der Waals surface area (Å²) < 4.78 is 40.4. The van der Waals surface area contributed by atoms with Gasteiger partial charge < -0.3 is 10.0 Å². The maximum Gasteiger partial charge on any atom is 0.417 e. The monoisotopic (exact) mass is 291 g/mol. The molecule has 8 heteroatoms. The van der Waals surface area contributed by atoms with Gasteiger partial charge in [-0.05, 0) is 19.1 Å². The molecule has 0 aliphatic rings. The smallest absolute Gasteiger partial charge is 0.319 e. The first-order valence-electron chi connectivity index (χ1n) is 5.18. The second-order valence-electron chi connectivity index (χ2n) is 3.41. The minimum absolute atomic E-state index is 0.0210. The number of carbonyl (C=O) groups excluding carboxylic acids is 1. The van der Waals surface area contributed by atoms with Crippen LogP contribution in [0.5, 0.6) is 0 Å². The summed E-state index contributed by atoms with van der Waals surface area (Å²) in [4.78, 5) is 15.0. The highest BCUT2D eigenvalue weighted by atomic mass is 32.2. The molecule has 0 spiro atoms. The van der Waals surface area contributed by atoms with Crippen LogP contribution in [0.15, 0.2) is 24.4 Å². The lowest BCUT2D eigenvalue weighted by molar-refractivity contribution is -0.137. The van der Waals surface area contributed by atoms with Gasteiger partial charge in [0, 0.05) is 12.5 Å². The highest BCUT2D eigenvalue weighted by molar-refractivity contribution is 7.99. The molecule has 0 aliphatic carbocycles. The van der Waals surface area contributed by atoms with E-state index < -0.39 is 17.6 Å². The third-order valence-corrected chi connectivity index (χ3v) is 2.39. The van der Waals surface area contributed by atoms with E-state index in [9.17, 15) is 18.0 Å². The van der Waals surface area contributed by atoms with E-state index in [2.05, 4.69) is 15.0 Å². The Hall–Kier alpha value is -1.70. The largest absolute Gasteiger partial charge is 0.417 e. The van der Waals surface area contributed by atoms with Crippen LogP contribution >= 0.6 is 11.9 Å². The number of aromatic nitrogens is 1. The minimum Gasteiger partial charge on any atom is -0.319 e. The van der Waals surface area contributed by atoms with E-state index in [1.807, 2.05) is 0 Å². The Kier molecular flexibility index (Phi) is 5.22. The Balaban J connectivity index is 3.11. The van der Waals surface area contributed by atoms with Crippen molar-refractivity contribution in [1.29, 1.82) is 0 Å². The highest BCUT2D eigenvalue weighted by Gasteiger charge is 2.31. The fourth-order valence-electron chi connectivity index (χ4n) is 1.22. The Bertz CT molecular complexity index is 489. The number of anilines is 2. The number of alkyl halides is 3. The normalized spacial score (nSPS) is 11.6. The van der Waals surface area contributed by atoms with Crippen molar-refractivity contribution in [2.24, 2.45) is 0 Å². The number of hydrogen-bond acceptors (Lipinski definition) is 4. The summed E-state index contributed by atoms with van der Waals surface area (Å²) in [5.41, 5.74) is -0.942. The molecule has 0 saturated carbocycles. The van der Waals surface area contributed by atoms with Crippen molar-refractivity contribution in [3.8, 4) is 0 Å². The van der Waals surface area contributed by atoms with E-state index in [0.717, 1.165) is 18.0 Å². The summed E-state index contributed by atoms with van der Waals surface area (Å²) in [6.45, 7) is 1.63. The molecule has 19 heavy (non-hydrogen) atoms. The molecule has 0 atom stereocenters. The second kappa shape index (κ2) is 6.46. The first-order chi connectivity index (χ1) is 8.88. The Morgan fingerprint density at radius 3 is 2.68 bits per heavy atom. The number of pyridine rings is 1. The Labute approximate surface area is 112 Å². The molecule has 1 rings (SSSR count). The SMILES string of the molecule is C/C=C/C(=O)Nc1cc(C(F)(F)F)cnc1NSC. The molecule has 1 aromatic heterocycles. The third kappa shape index (κ3) is 4.47. The van der Waals surface area contributed by atoms with E-state index >= 15 is 0 Å². The number of amides is 1. The predicted octanol–water partition coefficient (Wildman–Crippen LogP) is 3.30. The van der Waals surface area contributed by atoms with Crippen LogP contribution in [0.2, 0.25) is 0 Å². The molecule has 2 N–H and O–H groups in total. The average Bonchev–Trinajstić information content (AvgIpc) is 2.30. The topological polar surface area (TPSA) is 54.0 Å². The quantitative estimate of drug-likeness (QED) is 0.660. The van der Waals surface area contributed by atoms with Crippen LogP contribution in [0.3, 0.4) is 0 Å². The van der Waals surface area contributed by atoms with Gasteiger partial charge in [-0.1, -0.05) is 18.0 Å². The van der Waals surface area contributed by atoms with Gasteiger partial charge in [0.1, 0.15) is 0 Å². The summed E-state index contributed by atoms with van der Waals surface area (Å²) in [7, 11) is 0. The van der Waals surface area contributed by atoms with Gasteiger partial charge in [0.15, 0.2) is 5.82 Å². The van der Waals surface area contributed by atoms with E-state index in [1.165, 1.54) is 12.2 Å².